The number of benzene rings is 3. The van der Waals surface area contributed by atoms with E-state index in [0.717, 1.165) is 23.1 Å². The molecule has 0 aliphatic carbocycles. The van der Waals surface area contributed by atoms with Crippen molar-refractivity contribution in [1.29, 1.82) is 0 Å². The minimum Gasteiger partial charge on any atom is -0.370 e. The van der Waals surface area contributed by atoms with Crippen LogP contribution in [0.15, 0.2) is 47.4 Å². The molecule has 51 heavy (non-hydrogen) atoms. The zero-order valence-corrected chi connectivity index (χ0v) is 33.5. The number of nitrogens with zero attached hydrogens (tertiary/aromatic N) is 1. The lowest BCUT2D eigenvalue weighted by Crippen LogP contribution is -2.34. The van der Waals surface area contributed by atoms with E-state index in [1.54, 1.807) is 73.6 Å². The van der Waals surface area contributed by atoms with Gasteiger partial charge < -0.3 is 20.9 Å². The lowest BCUT2D eigenvalue weighted by molar-refractivity contribution is -0.123. The van der Waals surface area contributed by atoms with Gasteiger partial charge in [0.2, 0.25) is 21.8 Å². The zero-order valence-electron chi connectivity index (χ0n) is 31.9. The average Bonchev–Trinajstić information content (AvgIpc) is 2.95. The second-order valence-corrected chi connectivity index (χ2v) is 18.5. The molecule has 0 bridgehead atoms. The van der Waals surface area contributed by atoms with Gasteiger partial charge >= 0.3 is 0 Å². The maximum absolute atomic E-state index is 14.0. The summed E-state index contributed by atoms with van der Waals surface area (Å²) in [6.45, 7) is 21.2. The van der Waals surface area contributed by atoms with Crippen LogP contribution in [-0.2, 0) is 29.6 Å². The molecule has 280 valence electrons. The van der Waals surface area contributed by atoms with Gasteiger partial charge in [0, 0.05) is 41.8 Å². The highest BCUT2D eigenvalue weighted by atomic mass is 32.2. The molecule has 0 saturated carbocycles. The number of hydrogen-bond donors (Lipinski definition) is 5. The smallest absolute Gasteiger partial charge is 0.262 e. The fraction of sp³-hybridized carbons (Fsp3) is 0.459. The first-order valence-corrected chi connectivity index (χ1v) is 20.2. The second kappa shape index (κ2) is 15.6. The standard InChI is InChI=1S/C37H54N6O6S2/c1-13-43(17-16-38-50(12,46)47)27-14-15-28(24(3)20-27)39-29-21-31(41-35(45)37(9,10)11)32(22-30(29)40-34(44)36(6,7)8)42-51(48,49)33-25(4)18-23(2)19-26(33)5/h14-15,18-22,38-39,42H,13,16-17H2,1-12H3,(H,40,44)(H,41,45). The van der Waals surface area contributed by atoms with Crippen LogP contribution in [0, 0.1) is 38.5 Å². The molecule has 0 aliphatic heterocycles. The van der Waals surface area contributed by atoms with Gasteiger partial charge in [0.25, 0.3) is 10.0 Å². The summed E-state index contributed by atoms with van der Waals surface area (Å²) < 4.78 is 56.3. The van der Waals surface area contributed by atoms with Gasteiger partial charge in [-0.3, -0.25) is 14.3 Å². The van der Waals surface area contributed by atoms with Crippen LogP contribution in [0.25, 0.3) is 0 Å². The van der Waals surface area contributed by atoms with E-state index in [0.29, 0.717) is 41.3 Å². The maximum atomic E-state index is 14.0. The summed E-state index contributed by atoms with van der Waals surface area (Å²) in [5.74, 6) is -0.641. The van der Waals surface area contributed by atoms with Gasteiger partial charge in [-0.15, -0.1) is 0 Å². The summed E-state index contributed by atoms with van der Waals surface area (Å²) in [5.41, 5.74) is 3.93. The Bertz CT molecular complexity index is 1990. The number of aryl methyl sites for hydroxylation is 4. The van der Waals surface area contributed by atoms with E-state index in [-0.39, 0.29) is 34.6 Å². The quantitative estimate of drug-likeness (QED) is 0.127. The molecule has 0 aliphatic rings. The summed E-state index contributed by atoms with van der Waals surface area (Å²) in [5, 5.41) is 9.25. The highest BCUT2D eigenvalue weighted by molar-refractivity contribution is 7.92. The van der Waals surface area contributed by atoms with E-state index < -0.39 is 30.9 Å². The van der Waals surface area contributed by atoms with E-state index in [9.17, 15) is 26.4 Å². The minimum atomic E-state index is -4.14. The molecule has 0 radical (unpaired) electrons. The fourth-order valence-corrected chi connectivity index (χ4v) is 7.35. The summed E-state index contributed by atoms with van der Waals surface area (Å²) in [6, 6.07) is 12.5. The van der Waals surface area contributed by atoms with Gasteiger partial charge in [0.1, 0.15) is 0 Å². The number of rotatable bonds is 13. The Morgan fingerprint density at radius 3 is 1.67 bits per heavy atom. The molecular weight excluding hydrogens is 689 g/mol. The first kappa shape index (κ1) is 41.3. The molecule has 3 aromatic rings. The number of anilines is 6. The predicted octanol–water partition coefficient (Wildman–Crippen LogP) is 6.81. The Morgan fingerprint density at radius 1 is 0.686 bits per heavy atom. The number of hydrogen-bond acceptors (Lipinski definition) is 8. The number of sulfonamides is 2. The van der Waals surface area contributed by atoms with Crippen LogP contribution in [0.3, 0.4) is 0 Å². The second-order valence-electron chi connectivity index (χ2n) is 15.1. The molecule has 0 spiro atoms. The normalized spacial score (nSPS) is 12.3. The van der Waals surface area contributed by atoms with E-state index in [4.69, 9.17) is 0 Å². The third-order valence-electron chi connectivity index (χ3n) is 8.11. The molecule has 3 aromatic carbocycles. The van der Waals surface area contributed by atoms with Crippen LogP contribution in [0.1, 0.15) is 70.7 Å². The van der Waals surface area contributed by atoms with Gasteiger partial charge in [0.15, 0.2) is 0 Å². The first-order valence-electron chi connectivity index (χ1n) is 16.8. The fourth-order valence-electron chi connectivity index (χ4n) is 5.37. The number of carbonyl (C=O) groups is 2. The summed E-state index contributed by atoms with van der Waals surface area (Å²) >= 11 is 0. The van der Waals surface area contributed by atoms with Crippen molar-refractivity contribution in [2.24, 2.45) is 10.8 Å². The predicted molar refractivity (Wildman–Crippen MR) is 209 cm³/mol. The van der Waals surface area contributed by atoms with E-state index >= 15 is 0 Å². The number of likely N-dealkylation sites (N-methyl/N-ethyl adjacent to an activating group) is 1. The highest BCUT2D eigenvalue weighted by Crippen LogP contribution is 2.39. The largest absolute Gasteiger partial charge is 0.370 e. The van der Waals surface area contributed by atoms with Crippen molar-refractivity contribution in [2.45, 2.75) is 81.1 Å². The van der Waals surface area contributed by atoms with Crippen molar-refractivity contribution < 1.29 is 26.4 Å². The van der Waals surface area contributed by atoms with Crippen LogP contribution in [-0.4, -0.2) is 54.5 Å². The molecule has 0 heterocycles. The van der Waals surface area contributed by atoms with Gasteiger partial charge in [-0.05, 0) is 81.6 Å². The van der Waals surface area contributed by atoms with Crippen LogP contribution < -0.4 is 30.3 Å². The van der Waals surface area contributed by atoms with E-state index in [1.807, 2.05) is 43.9 Å². The van der Waals surface area contributed by atoms with Crippen LogP contribution in [0.4, 0.5) is 34.1 Å². The molecule has 14 heteroatoms. The molecular formula is C37H54N6O6S2. The van der Waals surface area contributed by atoms with Gasteiger partial charge in [-0.25, -0.2) is 21.6 Å². The molecule has 0 fully saturated rings. The third-order valence-corrected chi connectivity index (χ3v) is 10.5. The SMILES string of the molecule is CCN(CCNS(C)(=O)=O)c1ccc(Nc2cc(NC(=O)C(C)(C)C)c(NS(=O)(=O)c3c(C)cc(C)cc3C)cc2NC(=O)C(C)(C)C)c(C)c1. The van der Waals surface area contributed by atoms with Crippen LogP contribution in [0.2, 0.25) is 0 Å². The first-order chi connectivity index (χ1) is 23.3. The van der Waals surface area contributed by atoms with Gasteiger partial charge in [0.05, 0.1) is 33.9 Å². The third kappa shape index (κ3) is 11.2. The Kier molecular flexibility index (Phi) is 12.6. The maximum Gasteiger partial charge on any atom is 0.262 e. The topological polar surface area (TPSA) is 166 Å². The monoisotopic (exact) mass is 742 g/mol. The summed E-state index contributed by atoms with van der Waals surface area (Å²) in [4.78, 5) is 28.8. The van der Waals surface area contributed by atoms with Crippen LogP contribution >= 0.6 is 0 Å². The Hall–Kier alpha value is -4.14. The Morgan fingerprint density at radius 2 is 1.20 bits per heavy atom. The molecule has 5 N–H and O–H groups in total. The van der Waals surface area contributed by atoms with E-state index in [2.05, 4.69) is 25.4 Å². The van der Waals surface area contributed by atoms with Crippen LogP contribution in [0.5, 0.6) is 0 Å². The summed E-state index contributed by atoms with van der Waals surface area (Å²) in [7, 11) is -7.46. The minimum absolute atomic E-state index is 0.0788. The molecule has 0 saturated heterocycles. The van der Waals surface area contributed by atoms with Gasteiger partial charge in [-0.2, -0.15) is 0 Å². The van der Waals surface area contributed by atoms with Crippen molar-refractivity contribution in [3.63, 3.8) is 0 Å². The van der Waals surface area contributed by atoms with E-state index in [1.165, 1.54) is 6.07 Å². The Labute approximate surface area is 304 Å². The van der Waals surface area contributed by atoms with Crippen molar-refractivity contribution >= 4 is 66.0 Å². The van der Waals surface area contributed by atoms with Gasteiger partial charge in [-0.1, -0.05) is 59.2 Å². The van der Waals surface area contributed by atoms with Crippen molar-refractivity contribution in [2.75, 3.05) is 51.5 Å². The zero-order chi connectivity index (χ0) is 38.7. The van der Waals surface area contributed by atoms with Crippen molar-refractivity contribution in [3.05, 3.63) is 64.7 Å². The Balaban J connectivity index is 2.17. The molecule has 0 atom stereocenters. The van der Waals surface area contributed by atoms with Crippen molar-refractivity contribution in [3.8, 4) is 0 Å². The number of amides is 2. The molecule has 0 unspecified atom stereocenters. The molecule has 0 aromatic heterocycles. The molecule has 2 amide bonds. The average molecular weight is 743 g/mol. The molecule has 12 nitrogen and oxygen atoms in total. The lowest BCUT2D eigenvalue weighted by Gasteiger charge is -2.26. The number of carbonyl (C=O) groups excluding carboxylic acids is 2. The highest BCUT2D eigenvalue weighted by Gasteiger charge is 2.28. The molecule has 3 rings (SSSR count). The van der Waals surface area contributed by atoms with Crippen molar-refractivity contribution in [1.82, 2.24) is 4.72 Å². The lowest BCUT2D eigenvalue weighted by atomic mass is 9.95. The summed E-state index contributed by atoms with van der Waals surface area (Å²) in [6.07, 6.45) is 1.12. The number of nitrogens with one attached hydrogen (secondary N) is 5.